The number of nitrogens with one attached hydrogen (secondary N) is 1. The van der Waals surface area contributed by atoms with Crippen molar-refractivity contribution in [3.8, 4) is 0 Å². The second-order valence-electron chi connectivity index (χ2n) is 6.32. The van der Waals surface area contributed by atoms with Crippen molar-refractivity contribution < 1.29 is 19.4 Å². The smallest absolute Gasteiger partial charge is 0.408 e. The number of carbonyl (C=O) groups is 2. The lowest BCUT2D eigenvalue weighted by Crippen LogP contribution is -2.53. The van der Waals surface area contributed by atoms with Crippen molar-refractivity contribution >= 4 is 12.0 Å². The minimum Gasteiger partial charge on any atom is -0.445 e. The molecule has 0 unspecified atom stereocenters. The summed E-state index contributed by atoms with van der Waals surface area (Å²) < 4.78 is 5.20. The predicted molar refractivity (Wildman–Crippen MR) is 90.2 cm³/mol. The van der Waals surface area contributed by atoms with Gasteiger partial charge in [-0.15, -0.1) is 0 Å². The van der Waals surface area contributed by atoms with Crippen molar-refractivity contribution in [2.24, 2.45) is 5.92 Å². The Bertz CT molecular complexity index is 541. The molecule has 1 aromatic carbocycles. The lowest BCUT2D eigenvalue weighted by molar-refractivity contribution is -0.134. The topological polar surface area (TPSA) is 78.9 Å². The van der Waals surface area contributed by atoms with Gasteiger partial charge in [-0.2, -0.15) is 0 Å². The van der Waals surface area contributed by atoms with Crippen LogP contribution in [0.4, 0.5) is 4.79 Å². The number of rotatable bonds is 6. The fourth-order valence-electron chi connectivity index (χ4n) is 2.72. The molecule has 0 radical (unpaired) electrons. The average molecular weight is 334 g/mol. The molecule has 24 heavy (non-hydrogen) atoms. The third kappa shape index (κ3) is 4.96. The van der Waals surface area contributed by atoms with Crippen LogP contribution in [0.1, 0.15) is 32.3 Å². The Kier molecular flexibility index (Phi) is 6.61. The second kappa shape index (κ2) is 8.68. The normalized spacial score (nSPS) is 17.9. The molecule has 1 fully saturated rings. The van der Waals surface area contributed by atoms with Gasteiger partial charge in [-0.05, 0) is 25.3 Å². The van der Waals surface area contributed by atoms with Crippen LogP contribution in [-0.2, 0) is 16.1 Å². The predicted octanol–water partition coefficient (Wildman–Crippen LogP) is 1.92. The summed E-state index contributed by atoms with van der Waals surface area (Å²) in [5.41, 5.74) is 0.874. The molecule has 0 spiro atoms. The molecule has 1 heterocycles. The molecule has 0 saturated carbocycles. The van der Waals surface area contributed by atoms with E-state index in [1.165, 1.54) is 0 Å². The Morgan fingerprint density at radius 3 is 2.42 bits per heavy atom. The molecule has 2 rings (SSSR count). The van der Waals surface area contributed by atoms with Crippen molar-refractivity contribution in [2.75, 3.05) is 13.1 Å². The zero-order chi connectivity index (χ0) is 17.5. The van der Waals surface area contributed by atoms with Crippen LogP contribution in [0.15, 0.2) is 30.3 Å². The molecule has 1 aromatic rings. The van der Waals surface area contributed by atoms with Gasteiger partial charge in [-0.25, -0.2) is 4.79 Å². The van der Waals surface area contributed by atoms with Crippen LogP contribution < -0.4 is 5.32 Å². The summed E-state index contributed by atoms with van der Waals surface area (Å²) in [6, 6.07) is 8.55. The van der Waals surface area contributed by atoms with Gasteiger partial charge in [0.15, 0.2) is 0 Å². The fourth-order valence-corrected chi connectivity index (χ4v) is 2.72. The van der Waals surface area contributed by atoms with Gasteiger partial charge in [-0.1, -0.05) is 37.3 Å². The molecule has 1 aliphatic rings. The first-order valence-corrected chi connectivity index (χ1v) is 8.43. The Hall–Kier alpha value is -2.08. The first-order valence-electron chi connectivity index (χ1n) is 8.43. The number of alkyl carbamates (subject to hydrolysis) is 1. The summed E-state index contributed by atoms with van der Waals surface area (Å²) in [7, 11) is 0. The van der Waals surface area contributed by atoms with Crippen LogP contribution in [0.3, 0.4) is 0 Å². The summed E-state index contributed by atoms with van der Waals surface area (Å²) in [6.07, 6.45) is 0.583. The lowest BCUT2D eigenvalue weighted by Gasteiger charge is -2.29. The molecule has 3 atom stereocenters. The monoisotopic (exact) mass is 334 g/mol. The molecule has 6 heteroatoms. The van der Waals surface area contributed by atoms with Gasteiger partial charge in [0, 0.05) is 19.0 Å². The van der Waals surface area contributed by atoms with Gasteiger partial charge in [0.25, 0.3) is 0 Å². The molecule has 6 nitrogen and oxygen atoms in total. The van der Waals surface area contributed by atoms with E-state index in [2.05, 4.69) is 5.32 Å². The standard InChI is InChI=1S/C18H26N2O4/c1-13(14(2)21)16(17(22)20-10-6-7-11-20)19-18(23)24-12-15-8-4-3-5-9-15/h3-5,8-9,13-14,16,21H,6-7,10-12H2,1-2H3,(H,19,23)/t13-,14-,16-/m0/s1. The van der Waals surface area contributed by atoms with E-state index in [-0.39, 0.29) is 12.5 Å². The van der Waals surface area contributed by atoms with E-state index in [4.69, 9.17) is 4.74 Å². The van der Waals surface area contributed by atoms with Crippen molar-refractivity contribution in [2.45, 2.75) is 45.4 Å². The van der Waals surface area contributed by atoms with Crippen molar-refractivity contribution in [3.63, 3.8) is 0 Å². The fraction of sp³-hybridized carbons (Fsp3) is 0.556. The van der Waals surface area contributed by atoms with Crippen LogP contribution in [0.5, 0.6) is 0 Å². The number of amides is 2. The molecule has 1 aliphatic heterocycles. The SMILES string of the molecule is C[C@@H]([C@H](C)O)[C@H](NC(=O)OCc1ccccc1)C(=O)N1CCCC1. The Morgan fingerprint density at radius 2 is 1.83 bits per heavy atom. The van der Waals surface area contributed by atoms with E-state index in [0.717, 1.165) is 18.4 Å². The van der Waals surface area contributed by atoms with Gasteiger partial charge >= 0.3 is 6.09 Å². The average Bonchev–Trinajstić information content (AvgIpc) is 3.12. The van der Waals surface area contributed by atoms with Crippen LogP contribution in [0.2, 0.25) is 0 Å². The van der Waals surface area contributed by atoms with Crippen molar-refractivity contribution in [1.29, 1.82) is 0 Å². The van der Waals surface area contributed by atoms with E-state index in [0.29, 0.717) is 13.1 Å². The quantitative estimate of drug-likeness (QED) is 0.833. The Balaban J connectivity index is 1.96. The zero-order valence-corrected chi connectivity index (χ0v) is 14.3. The molecule has 1 saturated heterocycles. The van der Waals surface area contributed by atoms with Crippen LogP contribution in [0, 0.1) is 5.92 Å². The van der Waals surface area contributed by atoms with Crippen LogP contribution >= 0.6 is 0 Å². The number of carbonyl (C=O) groups excluding carboxylic acids is 2. The number of ether oxygens (including phenoxy) is 1. The Labute approximate surface area is 142 Å². The van der Waals surface area contributed by atoms with Gasteiger partial charge in [-0.3, -0.25) is 4.79 Å². The number of hydrogen-bond acceptors (Lipinski definition) is 4. The Morgan fingerprint density at radius 1 is 1.21 bits per heavy atom. The van der Waals surface area contributed by atoms with Gasteiger partial charge in [0.1, 0.15) is 12.6 Å². The highest BCUT2D eigenvalue weighted by molar-refractivity contribution is 5.86. The molecule has 0 aromatic heterocycles. The van der Waals surface area contributed by atoms with E-state index < -0.39 is 24.2 Å². The van der Waals surface area contributed by atoms with Gasteiger partial charge in [0.2, 0.25) is 5.91 Å². The first kappa shape index (κ1) is 18.3. The molecule has 2 amide bonds. The minimum absolute atomic E-state index is 0.139. The van der Waals surface area contributed by atoms with E-state index >= 15 is 0 Å². The zero-order valence-electron chi connectivity index (χ0n) is 14.3. The highest BCUT2D eigenvalue weighted by Crippen LogP contribution is 2.16. The minimum atomic E-state index is -0.786. The number of aliphatic hydroxyl groups is 1. The summed E-state index contributed by atoms with van der Waals surface area (Å²) in [6.45, 7) is 4.90. The number of nitrogens with zero attached hydrogens (tertiary/aromatic N) is 1. The van der Waals surface area contributed by atoms with E-state index in [1.807, 2.05) is 30.3 Å². The first-order chi connectivity index (χ1) is 11.5. The van der Waals surface area contributed by atoms with E-state index in [9.17, 15) is 14.7 Å². The van der Waals surface area contributed by atoms with E-state index in [1.54, 1.807) is 18.7 Å². The van der Waals surface area contributed by atoms with Crippen LogP contribution in [0.25, 0.3) is 0 Å². The van der Waals surface area contributed by atoms with Crippen molar-refractivity contribution in [3.05, 3.63) is 35.9 Å². The lowest BCUT2D eigenvalue weighted by atomic mass is 9.95. The third-order valence-electron chi connectivity index (χ3n) is 4.46. The number of benzene rings is 1. The highest BCUT2D eigenvalue weighted by atomic mass is 16.5. The van der Waals surface area contributed by atoms with Crippen LogP contribution in [-0.4, -0.2) is 47.2 Å². The maximum absolute atomic E-state index is 12.6. The molecular weight excluding hydrogens is 308 g/mol. The molecule has 0 bridgehead atoms. The summed E-state index contributed by atoms with van der Waals surface area (Å²) in [5, 5.41) is 12.5. The summed E-state index contributed by atoms with van der Waals surface area (Å²) >= 11 is 0. The number of hydrogen-bond donors (Lipinski definition) is 2. The van der Waals surface area contributed by atoms with Gasteiger partial charge in [0.05, 0.1) is 6.10 Å². The largest absolute Gasteiger partial charge is 0.445 e. The maximum atomic E-state index is 12.6. The molecule has 132 valence electrons. The number of likely N-dealkylation sites (tertiary alicyclic amines) is 1. The van der Waals surface area contributed by atoms with Crippen molar-refractivity contribution in [1.82, 2.24) is 10.2 Å². The van der Waals surface area contributed by atoms with Gasteiger partial charge < -0.3 is 20.1 Å². The number of aliphatic hydroxyl groups excluding tert-OH is 1. The maximum Gasteiger partial charge on any atom is 0.408 e. The molecule has 2 N–H and O–H groups in total. The third-order valence-corrected chi connectivity index (χ3v) is 4.46. The molecular formula is C18H26N2O4. The highest BCUT2D eigenvalue weighted by Gasteiger charge is 2.34. The summed E-state index contributed by atoms with van der Waals surface area (Å²) in [5.74, 6) is -0.556. The molecule has 0 aliphatic carbocycles. The second-order valence-corrected chi connectivity index (χ2v) is 6.32. The summed E-state index contributed by atoms with van der Waals surface area (Å²) in [4.78, 5) is 26.5.